The van der Waals surface area contributed by atoms with Crippen molar-refractivity contribution < 1.29 is 0 Å². The third-order valence-corrected chi connectivity index (χ3v) is 5.37. The van der Waals surface area contributed by atoms with Crippen molar-refractivity contribution >= 4 is 17.4 Å². The highest BCUT2D eigenvalue weighted by molar-refractivity contribution is 7.09. The summed E-state index contributed by atoms with van der Waals surface area (Å²) in [5.74, 6) is 0. The average Bonchev–Trinajstić information content (AvgIpc) is 2.85. The minimum absolute atomic E-state index is 0.157. The minimum Gasteiger partial charge on any atom is -0.302 e. The SMILES string of the molecule is C=C(/C=C\c1c(C)sc(=O)n1CCN(CCCC)CCCC)CCC. The second kappa shape index (κ2) is 12.3. The number of thiazole rings is 1. The summed E-state index contributed by atoms with van der Waals surface area (Å²) in [4.78, 5) is 16.1. The molecule has 4 heteroatoms. The summed E-state index contributed by atoms with van der Waals surface area (Å²) in [5.41, 5.74) is 2.18. The van der Waals surface area contributed by atoms with Gasteiger partial charge in [-0.1, -0.05) is 69.6 Å². The topological polar surface area (TPSA) is 25.2 Å². The molecule has 0 spiro atoms. The van der Waals surface area contributed by atoms with Crippen LogP contribution in [-0.4, -0.2) is 29.1 Å². The second-order valence-electron chi connectivity index (χ2n) is 6.75. The Bertz CT molecular complexity index is 590. The zero-order chi connectivity index (χ0) is 18.7. The molecule has 0 aliphatic carbocycles. The minimum atomic E-state index is 0.157. The van der Waals surface area contributed by atoms with Gasteiger partial charge in [-0.05, 0) is 45.4 Å². The van der Waals surface area contributed by atoms with E-state index >= 15 is 0 Å². The van der Waals surface area contributed by atoms with Crippen molar-refractivity contribution in [2.24, 2.45) is 0 Å². The van der Waals surface area contributed by atoms with Crippen LogP contribution >= 0.6 is 11.3 Å². The van der Waals surface area contributed by atoms with Gasteiger partial charge in [0.25, 0.3) is 0 Å². The first-order valence-corrected chi connectivity index (χ1v) is 10.6. The average molecular weight is 365 g/mol. The maximum absolute atomic E-state index is 12.4. The van der Waals surface area contributed by atoms with Gasteiger partial charge in [-0.15, -0.1) is 0 Å². The van der Waals surface area contributed by atoms with Crippen LogP contribution in [0.4, 0.5) is 0 Å². The van der Waals surface area contributed by atoms with E-state index in [2.05, 4.69) is 44.4 Å². The van der Waals surface area contributed by atoms with Gasteiger partial charge in [-0.2, -0.15) is 0 Å². The van der Waals surface area contributed by atoms with Crippen LogP contribution < -0.4 is 4.87 Å². The molecule has 0 saturated heterocycles. The molecule has 0 unspecified atom stereocenters. The van der Waals surface area contributed by atoms with Gasteiger partial charge in [0.2, 0.25) is 0 Å². The lowest BCUT2D eigenvalue weighted by molar-refractivity contribution is 0.254. The number of aryl methyl sites for hydroxylation is 1. The first-order chi connectivity index (χ1) is 12.0. The monoisotopic (exact) mass is 364 g/mol. The van der Waals surface area contributed by atoms with Crippen LogP contribution in [0.25, 0.3) is 6.08 Å². The fourth-order valence-corrected chi connectivity index (χ4v) is 3.73. The normalized spacial score (nSPS) is 11.7. The van der Waals surface area contributed by atoms with E-state index in [4.69, 9.17) is 0 Å². The molecule has 25 heavy (non-hydrogen) atoms. The molecule has 0 N–H and O–H groups in total. The van der Waals surface area contributed by atoms with Crippen LogP contribution in [0.3, 0.4) is 0 Å². The highest BCUT2D eigenvalue weighted by Gasteiger charge is 2.11. The Morgan fingerprint density at radius 2 is 1.76 bits per heavy atom. The third kappa shape index (κ3) is 7.74. The van der Waals surface area contributed by atoms with E-state index < -0.39 is 0 Å². The van der Waals surface area contributed by atoms with Crippen LogP contribution in [0.15, 0.2) is 23.0 Å². The van der Waals surface area contributed by atoms with Gasteiger partial charge in [0.05, 0.1) is 5.69 Å². The Hall–Kier alpha value is -1.13. The molecule has 1 rings (SSSR count). The van der Waals surface area contributed by atoms with E-state index in [0.29, 0.717) is 0 Å². The maximum Gasteiger partial charge on any atom is 0.307 e. The molecule has 0 atom stereocenters. The highest BCUT2D eigenvalue weighted by Crippen LogP contribution is 2.15. The lowest BCUT2D eigenvalue weighted by Gasteiger charge is -2.22. The Morgan fingerprint density at radius 1 is 1.12 bits per heavy atom. The number of aromatic nitrogens is 1. The van der Waals surface area contributed by atoms with Crippen LogP contribution in [0.5, 0.6) is 0 Å². The molecule has 0 aliphatic rings. The number of nitrogens with zero attached hydrogens (tertiary/aromatic N) is 2. The van der Waals surface area contributed by atoms with E-state index in [1.54, 1.807) is 0 Å². The predicted octanol–water partition coefficient (Wildman–Crippen LogP) is 5.49. The maximum atomic E-state index is 12.4. The van der Waals surface area contributed by atoms with Gasteiger partial charge in [0.1, 0.15) is 0 Å². The van der Waals surface area contributed by atoms with Gasteiger partial charge in [-0.3, -0.25) is 9.36 Å². The zero-order valence-corrected chi connectivity index (χ0v) is 17.5. The van der Waals surface area contributed by atoms with Crippen molar-refractivity contribution in [2.45, 2.75) is 72.8 Å². The number of rotatable bonds is 13. The fourth-order valence-electron chi connectivity index (χ4n) is 2.89. The molecule has 0 radical (unpaired) electrons. The van der Waals surface area contributed by atoms with Crippen LogP contribution in [0.1, 0.15) is 69.9 Å². The molecule has 1 heterocycles. The first kappa shape index (κ1) is 21.9. The van der Waals surface area contributed by atoms with Crippen molar-refractivity contribution in [3.8, 4) is 0 Å². The Balaban J connectivity index is 2.82. The number of hydrogen-bond donors (Lipinski definition) is 0. The molecule has 0 fully saturated rings. The molecule has 0 aliphatic heterocycles. The van der Waals surface area contributed by atoms with E-state index in [9.17, 15) is 4.79 Å². The molecular formula is C21H36N2OS. The predicted molar refractivity (Wildman–Crippen MR) is 113 cm³/mol. The summed E-state index contributed by atoms with van der Waals surface area (Å²) in [7, 11) is 0. The van der Waals surface area contributed by atoms with Crippen LogP contribution in [0.2, 0.25) is 0 Å². The van der Waals surface area contributed by atoms with Crippen molar-refractivity contribution in [3.63, 3.8) is 0 Å². The lowest BCUT2D eigenvalue weighted by atomic mass is 10.1. The molecule has 0 amide bonds. The molecule has 1 aromatic rings. The van der Waals surface area contributed by atoms with Crippen molar-refractivity contribution in [1.29, 1.82) is 0 Å². The smallest absolute Gasteiger partial charge is 0.302 e. The molecule has 1 aromatic heterocycles. The Kier molecular flexibility index (Phi) is 10.7. The van der Waals surface area contributed by atoms with Gasteiger partial charge < -0.3 is 4.90 Å². The highest BCUT2D eigenvalue weighted by atomic mass is 32.1. The third-order valence-electron chi connectivity index (χ3n) is 4.46. The van der Waals surface area contributed by atoms with Crippen LogP contribution in [-0.2, 0) is 6.54 Å². The molecule has 0 bridgehead atoms. The lowest BCUT2D eigenvalue weighted by Crippen LogP contribution is -2.31. The number of allylic oxidation sites excluding steroid dienone is 2. The molecule has 3 nitrogen and oxygen atoms in total. The van der Waals surface area contributed by atoms with Crippen molar-refractivity contribution in [3.05, 3.63) is 38.5 Å². The first-order valence-electron chi connectivity index (χ1n) is 9.81. The summed E-state index contributed by atoms with van der Waals surface area (Å²) in [5, 5.41) is 0. The largest absolute Gasteiger partial charge is 0.307 e. The summed E-state index contributed by atoms with van der Waals surface area (Å²) in [6.45, 7) is 16.7. The van der Waals surface area contributed by atoms with Gasteiger partial charge in [0.15, 0.2) is 0 Å². The summed E-state index contributed by atoms with van der Waals surface area (Å²) < 4.78 is 1.95. The number of hydrogen-bond acceptors (Lipinski definition) is 3. The molecule has 0 aromatic carbocycles. The van der Waals surface area contributed by atoms with E-state index in [1.807, 2.05) is 11.5 Å². The van der Waals surface area contributed by atoms with Crippen molar-refractivity contribution in [1.82, 2.24) is 9.47 Å². The van der Waals surface area contributed by atoms with E-state index in [1.165, 1.54) is 37.0 Å². The molecule has 0 saturated carbocycles. The van der Waals surface area contributed by atoms with Gasteiger partial charge >= 0.3 is 4.87 Å². The zero-order valence-electron chi connectivity index (χ0n) is 16.6. The summed E-state index contributed by atoms with van der Waals surface area (Å²) in [6.07, 6.45) is 11.1. The van der Waals surface area contributed by atoms with E-state index in [0.717, 1.165) is 55.2 Å². The second-order valence-corrected chi connectivity index (χ2v) is 7.92. The molecule has 142 valence electrons. The van der Waals surface area contributed by atoms with E-state index in [-0.39, 0.29) is 4.87 Å². The van der Waals surface area contributed by atoms with Gasteiger partial charge in [-0.25, -0.2) is 0 Å². The van der Waals surface area contributed by atoms with Gasteiger partial charge in [0, 0.05) is 18.0 Å². The van der Waals surface area contributed by atoms with Crippen LogP contribution in [0, 0.1) is 6.92 Å². The Morgan fingerprint density at radius 3 is 2.32 bits per heavy atom. The summed E-state index contributed by atoms with van der Waals surface area (Å²) in [6, 6.07) is 0. The number of unbranched alkanes of at least 4 members (excludes halogenated alkanes) is 2. The standard InChI is InChI=1S/C21H36N2OS/c1-6-9-14-22(15-10-7-2)16-17-23-20(19(5)25-21(23)24)13-12-18(4)11-8-3/h12-13H,4,6-11,14-17H2,1-3,5H3/b13-12-. The quantitative estimate of drug-likeness (QED) is 0.432. The molecular weight excluding hydrogens is 328 g/mol. The van der Waals surface area contributed by atoms with Crippen molar-refractivity contribution in [2.75, 3.05) is 19.6 Å². The Labute approximate surface area is 158 Å². The fraction of sp³-hybridized carbons (Fsp3) is 0.667. The summed E-state index contributed by atoms with van der Waals surface area (Å²) >= 11 is 1.36.